The van der Waals surface area contributed by atoms with E-state index in [1.54, 1.807) is 60.5 Å². The molecule has 0 bridgehead atoms. The van der Waals surface area contributed by atoms with Gasteiger partial charge in [0.2, 0.25) is 5.91 Å². The Labute approximate surface area is 225 Å². The zero-order chi connectivity index (χ0) is 26.6. The van der Waals surface area contributed by atoms with Crippen LogP contribution in [0.1, 0.15) is 34.6 Å². The van der Waals surface area contributed by atoms with Gasteiger partial charge in [-0.25, -0.2) is 0 Å². The molecule has 7 nitrogen and oxygen atoms in total. The Balaban J connectivity index is 1.42. The lowest BCUT2D eigenvalue weighted by Gasteiger charge is -2.26. The Morgan fingerprint density at radius 3 is 2.42 bits per heavy atom. The van der Waals surface area contributed by atoms with Gasteiger partial charge in [0.05, 0.1) is 18.5 Å². The van der Waals surface area contributed by atoms with Crippen LogP contribution in [-0.2, 0) is 11.4 Å². The zero-order valence-electron chi connectivity index (χ0n) is 20.9. The molecule has 0 aromatic heterocycles. The first-order valence-corrected chi connectivity index (χ1v) is 12.4. The second kappa shape index (κ2) is 10.9. The number of methoxy groups -OCH3 is 1. The highest BCUT2D eigenvalue weighted by Gasteiger charge is 2.35. The number of anilines is 3. The Bertz CT molecular complexity index is 1470. The lowest BCUT2D eigenvalue weighted by molar-refractivity contribution is -0.114. The Morgan fingerprint density at radius 2 is 1.71 bits per heavy atom. The van der Waals surface area contributed by atoms with Crippen LogP contribution in [0.25, 0.3) is 0 Å². The predicted molar refractivity (Wildman–Crippen MR) is 149 cm³/mol. The number of carbonyl (C=O) groups is 2. The van der Waals surface area contributed by atoms with Crippen LogP contribution in [0.4, 0.5) is 17.1 Å². The van der Waals surface area contributed by atoms with Crippen molar-refractivity contribution in [2.24, 2.45) is 0 Å². The van der Waals surface area contributed by atoms with Crippen molar-refractivity contribution in [1.82, 2.24) is 0 Å². The normalized spacial score (nSPS) is 13.9. The van der Waals surface area contributed by atoms with E-state index in [9.17, 15) is 9.59 Å². The standard InChI is InChI=1S/C30H26ClN3O4/c1-19(35)32-24-12-14-25(15-13-24)38-18-22-17-21(9-16-28(22)37-2)29-33-26-5-3-4-6-27(26)34(29)30(36)20-7-10-23(31)11-8-20/h3-17,29,33H,18H2,1-2H3,(H,32,35). The third-order valence-electron chi connectivity index (χ3n) is 6.21. The Morgan fingerprint density at radius 1 is 0.974 bits per heavy atom. The van der Waals surface area contributed by atoms with Gasteiger partial charge in [0.25, 0.3) is 5.91 Å². The molecule has 1 aliphatic heterocycles. The highest BCUT2D eigenvalue weighted by atomic mass is 35.5. The summed E-state index contributed by atoms with van der Waals surface area (Å²) in [6.07, 6.45) is -0.433. The second-order valence-corrected chi connectivity index (χ2v) is 9.25. The number of amides is 2. The first kappa shape index (κ1) is 25.2. The van der Waals surface area contributed by atoms with Gasteiger partial charge in [0.15, 0.2) is 0 Å². The highest BCUT2D eigenvalue weighted by Crippen LogP contribution is 2.42. The summed E-state index contributed by atoms with van der Waals surface area (Å²) in [5.74, 6) is 1.05. The predicted octanol–water partition coefficient (Wildman–Crippen LogP) is 6.66. The number of halogens is 1. The third-order valence-corrected chi connectivity index (χ3v) is 6.47. The number of rotatable bonds is 7. The van der Waals surface area contributed by atoms with Crippen molar-refractivity contribution in [3.63, 3.8) is 0 Å². The van der Waals surface area contributed by atoms with E-state index in [0.29, 0.717) is 27.8 Å². The van der Waals surface area contributed by atoms with Crippen LogP contribution >= 0.6 is 11.6 Å². The number of hydrogen-bond donors (Lipinski definition) is 2. The molecule has 5 rings (SSSR count). The summed E-state index contributed by atoms with van der Waals surface area (Å²) < 4.78 is 11.6. The summed E-state index contributed by atoms with van der Waals surface area (Å²) in [6, 6.07) is 27.6. The van der Waals surface area contributed by atoms with Gasteiger partial charge >= 0.3 is 0 Å². The number of para-hydroxylation sites is 2. The lowest BCUT2D eigenvalue weighted by atomic mass is 10.1. The summed E-state index contributed by atoms with van der Waals surface area (Å²) >= 11 is 6.05. The van der Waals surface area contributed by atoms with Crippen LogP contribution < -0.4 is 25.0 Å². The molecule has 1 atom stereocenters. The molecule has 192 valence electrons. The van der Waals surface area contributed by atoms with Crippen molar-refractivity contribution < 1.29 is 19.1 Å². The zero-order valence-corrected chi connectivity index (χ0v) is 21.7. The molecular weight excluding hydrogens is 502 g/mol. The number of carbonyl (C=O) groups excluding carboxylic acids is 2. The molecule has 4 aromatic carbocycles. The molecular formula is C30H26ClN3O4. The summed E-state index contributed by atoms with van der Waals surface area (Å²) in [4.78, 5) is 26.7. The number of nitrogens with zero attached hydrogens (tertiary/aromatic N) is 1. The van der Waals surface area contributed by atoms with Gasteiger partial charge in [-0.1, -0.05) is 29.8 Å². The van der Waals surface area contributed by atoms with Crippen LogP contribution in [0.5, 0.6) is 11.5 Å². The molecule has 0 saturated heterocycles. The maximum atomic E-state index is 13.7. The summed E-state index contributed by atoms with van der Waals surface area (Å²) in [7, 11) is 1.61. The van der Waals surface area contributed by atoms with Gasteiger partial charge in [0.1, 0.15) is 24.3 Å². The number of fused-ring (bicyclic) bond motifs is 1. The number of nitrogens with one attached hydrogen (secondary N) is 2. The van der Waals surface area contributed by atoms with Gasteiger partial charge in [-0.05, 0) is 78.4 Å². The number of ether oxygens (including phenoxy) is 2. The Hall–Kier alpha value is -4.49. The molecule has 2 N–H and O–H groups in total. The SMILES string of the molecule is COc1ccc(C2Nc3ccccc3N2C(=O)c2ccc(Cl)cc2)cc1COc1ccc(NC(C)=O)cc1. The topological polar surface area (TPSA) is 79.9 Å². The van der Waals surface area contributed by atoms with Crippen LogP contribution in [-0.4, -0.2) is 18.9 Å². The third kappa shape index (κ3) is 5.28. The molecule has 2 amide bonds. The van der Waals surface area contributed by atoms with Gasteiger partial charge < -0.3 is 20.1 Å². The van der Waals surface area contributed by atoms with E-state index >= 15 is 0 Å². The quantitative estimate of drug-likeness (QED) is 0.281. The van der Waals surface area contributed by atoms with E-state index < -0.39 is 6.17 Å². The first-order chi connectivity index (χ1) is 18.4. The molecule has 1 unspecified atom stereocenters. The van der Waals surface area contributed by atoms with Gasteiger partial charge in [-0.2, -0.15) is 0 Å². The summed E-state index contributed by atoms with van der Waals surface area (Å²) in [6.45, 7) is 1.72. The van der Waals surface area contributed by atoms with Crippen molar-refractivity contribution >= 4 is 40.5 Å². The number of benzene rings is 4. The van der Waals surface area contributed by atoms with Gasteiger partial charge in [-0.15, -0.1) is 0 Å². The fraction of sp³-hybridized carbons (Fsp3) is 0.133. The van der Waals surface area contributed by atoms with Crippen molar-refractivity contribution in [2.75, 3.05) is 22.6 Å². The minimum atomic E-state index is -0.433. The maximum absolute atomic E-state index is 13.7. The largest absolute Gasteiger partial charge is 0.496 e. The highest BCUT2D eigenvalue weighted by molar-refractivity contribution is 6.30. The molecule has 0 saturated carbocycles. The van der Waals surface area contributed by atoms with E-state index in [1.165, 1.54) is 6.92 Å². The van der Waals surface area contributed by atoms with E-state index in [2.05, 4.69) is 10.6 Å². The molecule has 38 heavy (non-hydrogen) atoms. The minimum Gasteiger partial charge on any atom is -0.496 e. The molecule has 1 aliphatic rings. The summed E-state index contributed by atoms with van der Waals surface area (Å²) in [5.41, 5.74) is 4.61. The van der Waals surface area contributed by atoms with Crippen molar-refractivity contribution in [3.8, 4) is 11.5 Å². The summed E-state index contributed by atoms with van der Waals surface area (Å²) in [5, 5.41) is 6.80. The average Bonchev–Trinajstić information content (AvgIpc) is 3.32. The van der Waals surface area contributed by atoms with E-state index in [4.69, 9.17) is 21.1 Å². The molecule has 8 heteroatoms. The molecule has 1 heterocycles. The molecule has 4 aromatic rings. The second-order valence-electron chi connectivity index (χ2n) is 8.81. The van der Waals surface area contributed by atoms with Crippen molar-refractivity contribution in [2.45, 2.75) is 19.7 Å². The minimum absolute atomic E-state index is 0.133. The lowest BCUT2D eigenvalue weighted by Crippen LogP contribution is -2.34. The van der Waals surface area contributed by atoms with E-state index in [0.717, 1.165) is 22.5 Å². The molecule has 0 spiro atoms. The fourth-order valence-corrected chi connectivity index (χ4v) is 4.55. The smallest absolute Gasteiger partial charge is 0.260 e. The van der Waals surface area contributed by atoms with Crippen LogP contribution in [0, 0.1) is 0 Å². The average molecular weight is 528 g/mol. The molecule has 0 radical (unpaired) electrons. The van der Waals surface area contributed by atoms with Crippen LogP contribution in [0.2, 0.25) is 5.02 Å². The molecule has 0 fully saturated rings. The maximum Gasteiger partial charge on any atom is 0.260 e. The van der Waals surface area contributed by atoms with Crippen LogP contribution in [0.15, 0.2) is 91.0 Å². The van der Waals surface area contributed by atoms with Crippen LogP contribution in [0.3, 0.4) is 0 Å². The van der Waals surface area contributed by atoms with E-state index in [1.807, 2.05) is 42.5 Å². The Kier molecular flexibility index (Phi) is 7.20. The van der Waals surface area contributed by atoms with Gasteiger partial charge in [0, 0.05) is 28.8 Å². The first-order valence-electron chi connectivity index (χ1n) is 12.0. The number of hydrogen-bond acceptors (Lipinski definition) is 5. The monoisotopic (exact) mass is 527 g/mol. The fourth-order valence-electron chi connectivity index (χ4n) is 4.43. The molecule has 0 aliphatic carbocycles. The van der Waals surface area contributed by atoms with E-state index in [-0.39, 0.29) is 18.4 Å². The van der Waals surface area contributed by atoms with Crippen molar-refractivity contribution in [1.29, 1.82) is 0 Å². The van der Waals surface area contributed by atoms with Crippen molar-refractivity contribution in [3.05, 3.63) is 113 Å². The van der Waals surface area contributed by atoms with Gasteiger partial charge in [-0.3, -0.25) is 14.5 Å².